The van der Waals surface area contributed by atoms with Crippen molar-refractivity contribution >= 4 is 17.7 Å². The number of hydrogen-bond donors (Lipinski definition) is 1. The summed E-state index contributed by atoms with van der Waals surface area (Å²) in [5.74, 6) is 4.01. The SMILES string of the molecule is O=C(c1cc(COc2ccc3c(c2)OCO3)[nH]n1)N1CCSCC1. The summed E-state index contributed by atoms with van der Waals surface area (Å²) in [4.78, 5) is 14.2. The lowest BCUT2D eigenvalue weighted by Gasteiger charge is -2.25. The van der Waals surface area contributed by atoms with Gasteiger partial charge in [-0.25, -0.2) is 0 Å². The number of fused-ring (bicyclic) bond motifs is 1. The minimum atomic E-state index is -0.0270. The number of carbonyl (C=O) groups is 1. The number of aromatic nitrogens is 2. The summed E-state index contributed by atoms with van der Waals surface area (Å²) in [6, 6.07) is 7.17. The van der Waals surface area contributed by atoms with Gasteiger partial charge in [0.2, 0.25) is 6.79 Å². The quantitative estimate of drug-likeness (QED) is 0.910. The molecule has 0 atom stereocenters. The van der Waals surface area contributed by atoms with Crippen LogP contribution in [0, 0.1) is 0 Å². The summed E-state index contributed by atoms with van der Waals surface area (Å²) < 4.78 is 16.3. The molecule has 2 aliphatic heterocycles. The van der Waals surface area contributed by atoms with Gasteiger partial charge in [-0.2, -0.15) is 16.9 Å². The number of nitrogens with zero attached hydrogens (tertiary/aromatic N) is 2. The van der Waals surface area contributed by atoms with E-state index in [2.05, 4.69) is 10.2 Å². The van der Waals surface area contributed by atoms with Gasteiger partial charge in [0, 0.05) is 30.7 Å². The molecule has 24 heavy (non-hydrogen) atoms. The number of aromatic amines is 1. The monoisotopic (exact) mass is 347 g/mol. The third-order valence-electron chi connectivity index (χ3n) is 3.89. The third kappa shape index (κ3) is 3.14. The van der Waals surface area contributed by atoms with E-state index in [1.54, 1.807) is 12.1 Å². The molecule has 1 N–H and O–H groups in total. The molecule has 0 spiro atoms. The van der Waals surface area contributed by atoms with Gasteiger partial charge >= 0.3 is 0 Å². The second kappa shape index (κ2) is 6.64. The standard InChI is InChI=1S/C16H17N3O4S/c20-16(19-3-5-24-6-4-19)13-7-11(17-18-13)9-21-12-1-2-14-15(8-12)23-10-22-14/h1-2,7-8H,3-6,9-10H2,(H,17,18). The van der Waals surface area contributed by atoms with Crippen molar-refractivity contribution in [3.8, 4) is 17.2 Å². The smallest absolute Gasteiger partial charge is 0.274 e. The number of ether oxygens (including phenoxy) is 3. The van der Waals surface area contributed by atoms with Gasteiger partial charge in [0.15, 0.2) is 17.2 Å². The van der Waals surface area contributed by atoms with Gasteiger partial charge in [-0.15, -0.1) is 0 Å². The first-order chi connectivity index (χ1) is 11.8. The molecule has 1 aromatic carbocycles. The second-order valence-electron chi connectivity index (χ2n) is 5.49. The predicted octanol–water partition coefficient (Wildman–Crippen LogP) is 1.91. The molecule has 7 nitrogen and oxygen atoms in total. The molecule has 126 valence electrons. The first-order valence-electron chi connectivity index (χ1n) is 7.73. The summed E-state index contributed by atoms with van der Waals surface area (Å²) in [7, 11) is 0. The molecular formula is C16H17N3O4S. The molecule has 3 heterocycles. The van der Waals surface area contributed by atoms with Crippen molar-refractivity contribution in [2.45, 2.75) is 6.61 Å². The zero-order valence-corrected chi connectivity index (χ0v) is 13.8. The Morgan fingerprint density at radius 2 is 2.08 bits per heavy atom. The van der Waals surface area contributed by atoms with Crippen LogP contribution in [0.25, 0.3) is 0 Å². The Labute approximate surface area is 143 Å². The van der Waals surface area contributed by atoms with Crippen molar-refractivity contribution in [3.63, 3.8) is 0 Å². The zero-order chi connectivity index (χ0) is 16.4. The number of rotatable bonds is 4. The van der Waals surface area contributed by atoms with E-state index >= 15 is 0 Å². The van der Waals surface area contributed by atoms with Crippen molar-refractivity contribution in [2.75, 3.05) is 31.4 Å². The highest BCUT2D eigenvalue weighted by Crippen LogP contribution is 2.35. The van der Waals surface area contributed by atoms with Gasteiger partial charge in [0.05, 0.1) is 5.69 Å². The van der Waals surface area contributed by atoms with Crippen molar-refractivity contribution < 1.29 is 19.0 Å². The number of H-pyrrole nitrogens is 1. The van der Waals surface area contributed by atoms with E-state index in [1.807, 2.05) is 28.8 Å². The maximum atomic E-state index is 12.4. The number of benzene rings is 1. The number of amides is 1. The van der Waals surface area contributed by atoms with Crippen LogP contribution in [0.5, 0.6) is 17.2 Å². The molecule has 0 unspecified atom stereocenters. The lowest BCUT2D eigenvalue weighted by Crippen LogP contribution is -2.38. The Hall–Kier alpha value is -2.35. The molecule has 4 rings (SSSR count). The van der Waals surface area contributed by atoms with Crippen LogP contribution in [-0.4, -0.2) is 52.4 Å². The lowest BCUT2D eigenvalue weighted by molar-refractivity contribution is 0.0766. The van der Waals surface area contributed by atoms with Gasteiger partial charge in [0.1, 0.15) is 12.4 Å². The van der Waals surface area contributed by atoms with E-state index in [4.69, 9.17) is 14.2 Å². The van der Waals surface area contributed by atoms with Crippen LogP contribution in [0.15, 0.2) is 24.3 Å². The van der Waals surface area contributed by atoms with Gasteiger partial charge < -0.3 is 19.1 Å². The van der Waals surface area contributed by atoms with Gasteiger partial charge in [-0.05, 0) is 18.2 Å². The highest BCUT2D eigenvalue weighted by atomic mass is 32.2. The maximum Gasteiger partial charge on any atom is 0.274 e. The van der Waals surface area contributed by atoms with E-state index in [-0.39, 0.29) is 12.7 Å². The summed E-state index contributed by atoms with van der Waals surface area (Å²) in [5, 5.41) is 6.98. The van der Waals surface area contributed by atoms with Crippen molar-refractivity contribution in [3.05, 3.63) is 35.7 Å². The van der Waals surface area contributed by atoms with Crippen LogP contribution < -0.4 is 14.2 Å². The molecule has 0 saturated carbocycles. The van der Waals surface area contributed by atoms with Crippen molar-refractivity contribution in [1.29, 1.82) is 0 Å². The average molecular weight is 347 g/mol. The molecular weight excluding hydrogens is 330 g/mol. The van der Waals surface area contributed by atoms with Crippen LogP contribution >= 0.6 is 11.8 Å². The number of carbonyl (C=O) groups excluding carboxylic acids is 1. The molecule has 2 aliphatic rings. The topological polar surface area (TPSA) is 76.7 Å². The second-order valence-corrected chi connectivity index (χ2v) is 6.71. The van der Waals surface area contributed by atoms with Crippen molar-refractivity contribution in [1.82, 2.24) is 15.1 Å². The molecule has 1 aromatic heterocycles. The minimum Gasteiger partial charge on any atom is -0.487 e. The Balaban J connectivity index is 1.37. The number of nitrogens with one attached hydrogen (secondary N) is 1. The molecule has 8 heteroatoms. The summed E-state index contributed by atoms with van der Waals surface area (Å²) in [5.41, 5.74) is 1.19. The third-order valence-corrected chi connectivity index (χ3v) is 4.83. The van der Waals surface area contributed by atoms with Gasteiger partial charge in [-0.3, -0.25) is 9.89 Å². The summed E-state index contributed by atoms with van der Waals surface area (Å²) in [6.07, 6.45) is 0. The highest BCUT2D eigenvalue weighted by Gasteiger charge is 2.21. The lowest BCUT2D eigenvalue weighted by atomic mass is 10.3. The van der Waals surface area contributed by atoms with Crippen LogP contribution in [-0.2, 0) is 6.61 Å². The van der Waals surface area contributed by atoms with E-state index < -0.39 is 0 Å². The summed E-state index contributed by atoms with van der Waals surface area (Å²) >= 11 is 1.87. The van der Waals surface area contributed by atoms with Crippen LogP contribution in [0.2, 0.25) is 0 Å². The fourth-order valence-corrected chi connectivity index (χ4v) is 3.50. The summed E-state index contributed by atoms with van der Waals surface area (Å²) in [6.45, 7) is 2.09. The molecule has 1 saturated heterocycles. The number of thioether (sulfide) groups is 1. The molecule has 1 amide bonds. The first-order valence-corrected chi connectivity index (χ1v) is 8.89. The van der Waals surface area contributed by atoms with Crippen LogP contribution in [0.1, 0.15) is 16.2 Å². The molecule has 2 aromatic rings. The maximum absolute atomic E-state index is 12.4. The zero-order valence-electron chi connectivity index (χ0n) is 13.0. The Morgan fingerprint density at radius 1 is 1.25 bits per heavy atom. The molecule has 0 aliphatic carbocycles. The van der Waals surface area contributed by atoms with E-state index in [9.17, 15) is 4.79 Å². The van der Waals surface area contributed by atoms with Crippen LogP contribution in [0.4, 0.5) is 0 Å². The molecule has 0 bridgehead atoms. The Kier molecular flexibility index (Phi) is 4.20. The minimum absolute atomic E-state index is 0.0270. The van der Waals surface area contributed by atoms with Crippen LogP contribution in [0.3, 0.4) is 0 Å². The fourth-order valence-electron chi connectivity index (χ4n) is 2.60. The first kappa shape index (κ1) is 15.2. The van der Waals surface area contributed by atoms with Gasteiger partial charge in [0.25, 0.3) is 5.91 Å². The normalized spacial score (nSPS) is 16.2. The molecule has 1 fully saturated rings. The predicted molar refractivity (Wildman–Crippen MR) is 88.7 cm³/mol. The Bertz CT molecular complexity index is 743. The van der Waals surface area contributed by atoms with Gasteiger partial charge in [-0.1, -0.05) is 0 Å². The fraction of sp³-hybridized carbons (Fsp3) is 0.375. The van der Waals surface area contributed by atoms with Crippen molar-refractivity contribution in [2.24, 2.45) is 0 Å². The highest BCUT2D eigenvalue weighted by molar-refractivity contribution is 7.99. The van der Waals surface area contributed by atoms with E-state index in [0.29, 0.717) is 23.8 Å². The number of hydrogen-bond acceptors (Lipinski definition) is 6. The largest absolute Gasteiger partial charge is 0.487 e. The van der Waals surface area contributed by atoms with E-state index in [1.165, 1.54) is 0 Å². The average Bonchev–Trinajstić information content (AvgIpc) is 3.29. The molecule has 0 radical (unpaired) electrons. The Morgan fingerprint density at radius 3 is 2.96 bits per heavy atom. The van der Waals surface area contributed by atoms with E-state index in [0.717, 1.165) is 36.0 Å².